The van der Waals surface area contributed by atoms with Crippen molar-refractivity contribution in [2.75, 3.05) is 17.4 Å². The van der Waals surface area contributed by atoms with Crippen LogP contribution in [0.25, 0.3) is 0 Å². The van der Waals surface area contributed by atoms with Crippen LogP contribution in [-0.4, -0.2) is 17.0 Å². The maximum atomic E-state index is 13.5. The van der Waals surface area contributed by atoms with Gasteiger partial charge in [-0.15, -0.1) is 0 Å². The first-order chi connectivity index (χ1) is 8.20. The van der Waals surface area contributed by atoms with Crippen molar-refractivity contribution in [3.05, 3.63) is 36.2 Å². The highest BCUT2D eigenvalue weighted by atomic mass is 19.1. The summed E-state index contributed by atoms with van der Waals surface area (Å²) < 4.78 is 18.7. The summed E-state index contributed by atoms with van der Waals surface area (Å²) in [5.41, 5.74) is 2.27. The molecule has 0 radical (unpaired) electrons. The summed E-state index contributed by atoms with van der Waals surface area (Å²) in [5.74, 6) is 5.69. The smallest absolute Gasteiger partial charge is 0.239 e. The summed E-state index contributed by atoms with van der Waals surface area (Å²) >= 11 is 0. The molecule has 3 N–H and O–H groups in total. The van der Waals surface area contributed by atoms with Gasteiger partial charge in [0.2, 0.25) is 5.95 Å². The molecule has 0 bridgehead atoms. The zero-order valence-corrected chi connectivity index (χ0v) is 9.22. The fourth-order valence-electron chi connectivity index (χ4n) is 1.41. The fraction of sp³-hybridized carbons (Fsp3) is 0.200. The second-order valence-electron chi connectivity index (χ2n) is 3.44. The van der Waals surface area contributed by atoms with Crippen molar-refractivity contribution in [3.63, 3.8) is 0 Å². The molecule has 90 valence electrons. The first kappa shape index (κ1) is 11.3. The maximum Gasteiger partial charge on any atom is 0.239 e. The van der Waals surface area contributed by atoms with Crippen LogP contribution in [-0.2, 0) is 6.54 Å². The van der Waals surface area contributed by atoms with Gasteiger partial charge in [-0.1, -0.05) is 0 Å². The van der Waals surface area contributed by atoms with Crippen LogP contribution >= 0.6 is 0 Å². The summed E-state index contributed by atoms with van der Waals surface area (Å²) in [6, 6.07) is 3.57. The number of halogens is 1. The molecule has 2 aromatic rings. The lowest BCUT2D eigenvalue weighted by atomic mass is 10.4. The molecule has 2 rings (SSSR count). The topological polar surface area (TPSA) is 80.2 Å². The van der Waals surface area contributed by atoms with Crippen LogP contribution in [0.2, 0.25) is 0 Å². The van der Waals surface area contributed by atoms with E-state index in [4.69, 9.17) is 10.3 Å². The monoisotopic (exact) mass is 237 g/mol. The zero-order chi connectivity index (χ0) is 12.3. The van der Waals surface area contributed by atoms with Gasteiger partial charge in [-0.05, 0) is 12.1 Å². The number of hydrogen-bond donors (Lipinski definition) is 2. The number of hydrazine groups is 1. The Morgan fingerprint density at radius 2 is 2.41 bits per heavy atom. The third-order valence-corrected chi connectivity index (χ3v) is 2.19. The number of nitrogen functional groups attached to an aromatic ring is 1. The molecule has 0 saturated heterocycles. The lowest BCUT2D eigenvalue weighted by Gasteiger charge is -2.17. The van der Waals surface area contributed by atoms with Crippen LogP contribution in [0.15, 0.2) is 29.0 Å². The van der Waals surface area contributed by atoms with Crippen LogP contribution < -0.4 is 16.2 Å². The highest BCUT2D eigenvalue weighted by Gasteiger charge is 2.12. The average molecular weight is 237 g/mol. The lowest BCUT2D eigenvalue weighted by molar-refractivity contribution is 0.504. The Bertz CT molecular complexity index is 487. The van der Waals surface area contributed by atoms with Gasteiger partial charge in [-0.3, -0.25) is 5.43 Å². The van der Waals surface area contributed by atoms with E-state index in [-0.39, 0.29) is 11.8 Å². The molecule has 0 aliphatic heterocycles. The molecular weight excluding hydrogens is 225 g/mol. The number of nitrogens with two attached hydrogens (primary N) is 1. The first-order valence-corrected chi connectivity index (χ1v) is 4.93. The standard InChI is InChI=1S/C10H12FN5O/c1-16(6-7-3-2-4-17-7)9-8(11)5-13-10(14-9)15-12/h2-5H,6,12H2,1H3,(H,13,14,15). The molecule has 7 heteroatoms. The van der Waals surface area contributed by atoms with Gasteiger partial charge in [-0.2, -0.15) is 4.98 Å². The Labute approximate surface area is 97.2 Å². The molecule has 0 spiro atoms. The minimum Gasteiger partial charge on any atom is -0.467 e. The molecule has 0 amide bonds. The number of aromatic nitrogens is 2. The van der Waals surface area contributed by atoms with Crippen molar-refractivity contribution in [2.45, 2.75) is 6.54 Å². The predicted molar refractivity (Wildman–Crippen MR) is 60.6 cm³/mol. The molecule has 0 saturated carbocycles. The second kappa shape index (κ2) is 4.79. The maximum absolute atomic E-state index is 13.5. The molecule has 0 aliphatic rings. The number of hydrogen-bond acceptors (Lipinski definition) is 6. The quantitative estimate of drug-likeness (QED) is 0.613. The Morgan fingerprint density at radius 1 is 1.59 bits per heavy atom. The van der Waals surface area contributed by atoms with Crippen LogP contribution in [0.4, 0.5) is 16.2 Å². The van der Waals surface area contributed by atoms with E-state index in [9.17, 15) is 4.39 Å². The third-order valence-electron chi connectivity index (χ3n) is 2.19. The van der Waals surface area contributed by atoms with E-state index in [0.717, 1.165) is 6.20 Å². The molecule has 0 fully saturated rings. The van der Waals surface area contributed by atoms with E-state index >= 15 is 0 Å². The van der Waals surface area contributed by atoms with Gasteiger partial charge in [0.05, 0.1) is 19.0 Å². The number of nitrogens with one attached hydrogen (secondary N) is 1. The van der Waals surface area contributed by atoms with Crippen molar-refractivity contribution < 1.29 is 8.81 Å². The zero-order valence-electron chi connectivity index (χ0n) is 9.22. The molecule has 0 aliphatic carbocycles. The van der Waals surface area contributed by atoms with E-state index in [2.05, 4.69) is 15.4 Å². The van der Waals surface area contributed by atoms with Crippen molar-refractivity contribution in [1.29, 1.82) is 0 Å². The Kier molecular flexibility index (Phi) is 3.20. The van der Waals surface area contributed by atoms with Gasteiger partial charge in [0, 0.05) is 7.05 Å². The van der Waals surface area contributed by atoms with Crippen molar-refractivity contribution in [3.8, 4) is 0 Å². The highest BCUT2D eigenvalue weighted by Crippen LogP contribution is 2.17. The van der Waals surface area contributed by atoms with E-state index < -0.39 is 5.82 Å². The predicted octanol–water partition coefficient (Wildman–Crippen LogP) is 1.13. The molecule has 2 heterocycles. The Morgan fingerprint density at radius 3 is 3.06 bits per heavy atom. The molecule has 0 atom stereocenters. The molecule has 2 aromatic heterocycles. The van der Waals surface area contributed by atoms with Crippen molar-refractivity contribution in [1.82, 2.24) is 9.97 Å². The van der Waals surface area contributed by atoms with Gasteiger partial charge in [0.25, 0.3) is 0 Å². The SMILES string of the molecule is CN(Cc1ccco1)c1nc(NN)ncc1F. The van der Waals surface area contributed by atoms with Crippen molar-refractivity contribution in [2.24, 2.45) is 5.84 Å². The van der Waals surface area contributed by atoms with E-state index in [1.807, 2.05) is 0 Å². The summed E-state index contributed by atoms with van der Waals surface area (Å²) in [7, 11) is 1.70. The fourth-order valence-corrected chi connectivity index (χ4v) is 1.41. The molecule has 0 unspecified atom stereocenters. The van der Waals surface area contributed by atoms with Crippen molar-refractivity contribution >= 4 is 11.8 Å². The van der Waals surface area contributed by atoms with E-state index in [1.54, 1.807) is 30.3 Å². The van der Waals surface area contributed by atoms with Crippen LogP contribution in [0.1, 0.15) is 5.76 Å². The summed E-state index contributed by atoms with van der Waals surface area (Å²) in [5, 5.41) is 0. The van der Waals surface area contributed by atoms with Gasteiger partial charge in [-0.25, -0.2) is 15.2 Å². The average Bonchev–Trinajstić information content (AvgIpc) is 2.82. The van der Waals surface area contributed by atoms with Gasteiger partial charge in [0.1, 0.15) is 5.76 Å². The molecular formula is C10H12FN5O. The summed E-state index contributed by atoms with van der Waals surface area (Å²) in [6.45, 7) is 0.408. The van der Waals surface area contributed by atoms with E-state index in [1.165, 1.54) is 0 Å². The number of anilines is 2. The minimum atomic E-state index is -0.516. The normalized spacial score (nSPS) is 10.3. The lowest BCUT2D eigenvalue weighted by Crippen LogP contribution is -2.20. The third kappa shape index (κ3) is 2.51. The number of furan rings is 1. The summed E-state index contributed by atoms with van der Waals surface area (Å²) in [4.78, 5) is 9.21. The highest BCUT2D eigenvalue weighted by molar-refractivity contribution is 5.42. The largest absolute Gasteiger partial charge is 0.467 e. The van der Waals surface area contributed by atoms with Gasteiger partial charge < -0.3 is 9.32 Å². The number of nitrogens with zero attached hydrogens (tertiary/aromatic N) is 3. The van der Waals surface area contributed by atoms with Gasteiger partial charge in [0.15, 0.2) is 11.6 Å². The first-order valence-electron chi connectivity index (χ1n) is 4.93. The number of rotatable bonds is 4. The van der Waals surface area contributed by atoms with Gasteiger partial charge >= 0.3 is 0 Å². The van der Waals surface area contributed by atoms with E-state index in [0.29, 0.717) is 12.3 Å². The Balaban J connectivity index is 2.20. The second-order valence-corrected chi connectivity index (χ2v) is 3.44. The summed E-state index contributed by atoms with van der Waals surface area (Å²) in [6.07, 6.45) is 2.63. The van der Waals surface area contributed by atoms with Crippen LogP contribution in [0, 0.1) is 5.82 Å². The molecule has 0 aromatic carbocycles. The van der Waals surface area contributed by atoms with Crippen LogP contribution in [0.5, 0.6) is 0 Å². The molecule has 17 heavy (non-hydrogen) atoms. The minimum absolute atomic E-state index is 0.157. The molecule has 6 nitrogen and oxygen atoms in total. The Hall–Kier alpha value is -2.15. The van der Waals surface area contributed by atoms with Crippen LogP contribution in [0.3, 0.4) is 0 Å².